The topological polar surface area (TPSA) is 95.9 Å². The van der Waals surface area contributed by atoms with Crippen LogP contribution in [0.25, 0.3) is 0 Å². The number of aliphatic hydroxyl groups excluding tert-OH is 2. The summed E-state index contributed by atoms with van der Waals surface area (Å²) in [5.41, 5.74) is 0. The molecule has 0 aliphatic heterocycles. The van der Waals surface area contributed by atoms with Gasteiger partial charge in [0.15, 0.2) is 0 Å². The second-order valence-electron chi connectivity index (χ2n) is 20.3. The summed E-state index contributed by atoms with van der Waals surface area (Å²) in [6, 6.07) is -0.628. The Kier molecular flexibility index (Phi) is 54.0. The molecule has 0 rings (SSSR count). The molecule has 0 fully saturated rings. The minimum atomic E-state index is -0.845. The zero-order valence-corrected chi connectivity index (χ0v) is 44.0. The predicted molar refractivity (Wildman–Crippen MR) is 283 cm³/mol. The molecule has 1 amide bonds. The highest BCUT2D eigenvalue weighted by Crippen LogP contribution is 2.18. The van der Waals surface area contributed by atoms with Crippen molar-refractivity contribution in [1.29, 1.82) is 0 Å². The summed E-state index contributed by atoms with van der Waals surface area (Å²) in [6.07, 6.45) is 65.3. The quantitative estimate of drug-likeness (QED) is 0.0321. The molecule has 0 aromatic heterocycles. The summed E-state index contributed by atoms with van der Waals surface area (Å²) in [5.74, 6) is -0.0603. The largest absolute Gasteiger partial charge is 0.466 e. The molecule has 65 heavy (non-hydrogen) atoms. The van der Waals surface area contributed by atoms with Gasteiger partial charge >= 0.3 is 5.97 Å². The summed E-state index contributed by atoms with van der Waals surface area (Å²) in [4.78, 5) is 24.5. The molecule has 0 aromatic carbocycles. The number of aliphatic hydroxyl groups is 2. The molecule has 0 radical (unpaired) electrons. The maximum Gasteiger partial charge on any atom is 0.305 e. The second-order valence-corrected chi connectivity index (χ2v) is 20.3. The smallest absolute Gasteiger partial charge is 0.305 e. The van der Waals surface area contributed by atoms with Gasteiger partial charge in [0, 0.05) is 12.8 Å². The van der Waals surface area contributed by atoms with Gasteiger partial charge in [-0.05, 0) is 32.1 Å². The van der Waals surface area contributed by atoms with Gasteiger partial charge < -0.3 is 20.3 Å². The van der Waals surface area contributed by atoms with Crippen molar-refractivity contribution in [3.8, 4) is 0 Å². The summed E-state index contributed by atoms with van der Waals surface area (Å²) >= 11 is 0. The van der Waals surface area contributed by atoms with Crippen molar-refractivity contribution in [2.24, 2.45) is 0 Å². The van der Waals surface area contributed by atoms with E-state index in [1.165, 1.54) is 263 Å². The maximum atomic E-state index is 12.4. The molecule has 3 N–H and O–H groups in total. The maximum absolute atomic E-state index is 12.4. The highest BCUT2D eigenvalue weighted by Gasteiger charge is 2.18. The fourth-order valence-electron chi connectivity index (χ4n) is 9.28. The highest BCUT2D eigenvalue weighted by molar-refractivity contribution is 5.76. The summed E-state index contributed by atoms with van der Waals surface area (Å²) in [7, 11) is 0. The van der Waals surface area contributed by atoms with Crippen molar-refractivity contribution in [2.75, 3.05) is 13.2 Å². The van der Waals surface area contributed by atoms with Crippen molar-refractivity contribution in [3.05, 3.63) is 12.2 Å². The fourth-order valence-corrected chi connectivity index (χ4v) is 9.28. The third kappa shape index (κ3) is 51.8. The zero-order valence-electron chi connectivity index (χ0n) is 44.0. The lowest BCUT2D eigenvalue weighted by atomic mass is 10.0. The van der Waals surface area contributed by atoms with Crippen LogP contribution in [0.3, 0.4) is 0 Å². The molecule has 6 heteroatoms. The third-order valence-corrected chi connectivity index (χ3v) is 13.8. The van der Waals surface area contributed by atoms with E-state index in [-0.39, 0.29) is 18.5 Å². The van der Waals surface area contributed by atoms with Gasteiger partial charge in [0.2, 0.25) is 5.91 Å². The van der Waals surface area contributed by atoms with E-state index in [0.717, 1.165) is 38.5 Å². The van der Waals surface area contributed by atoms with Crippen LogP contribution >= 0.6 is 0 Å². The van der Waals surface area contributed by atoms with Crippen LogP contribution in [0.15, 0.2) is 12.2 Å². The molecule has 2 atom stereocenters. The lowest BCUT2D eigenvalue weighted by Gasteiger charge is -2.20. The van der Waals surface area contributed by atoms with E-state index in [0.29, 0.717) is 19.4 Å². The van der Waals surface area contributed by atoms with Gasteiger partial charge in [0.05, 0.1) is 25.4 Å². The Labute approximate surface area is 406 Å². The van der Waals surface area contributed by atoms with E-state index >= 15 is 0 Å². The normalized spacial score (nSPS) is 12.6. The lowest BCUT2D eigenvalue weighted by Crippen LogP contribution is -2.45. The fraction of sp³-hybridized carbons (Fsp3) is 0.932. The molecule has 0 bridgehead atoms. The monoisotopic (exact) mass is 918 g/mol. The number of amides is 1. The third-order valence-electron chi connectivity index (χ3n) is 13.8. The molecule has 0 spiro atoms. The van der Waals surface area contributed by atoms with E-state index < -0.39 is 12.1 Å². The Morgan fingerprint density at radius 3 is 1.05 bits per heavy atom. The summed E-state index contributed by atoms with van der Waals surface area (Å²) in [6.45, 7) is 4.90. The summed E-state index contributed by atoms with van der Waals surface area (Å²) < 4.78 is 5.50. The molecule has 0 saturated carbocycles. The van der Waals surface area contributed by atoms with E-state index in [2.05, 4.69) is 19.2 Å². The number of carbonyl (C=O) groups excluding carboxylic acids is 2. The molecule has 2 unspecified atom stereocenters. The van der Waals surface area contributed by atoms with E-state index in [4.69, 9.17) is 4.74 Å². The first-order valence-electron chi connectivity index (χ1n) is 29.5. The molecule has 0 saturated heterocycles. The van der Waals surface area contributed by atoms with Crippen LogP contribution in [0.1, 0.15) is 328 Å². The molecular formula is C59H115NO5. The van der Waals surface area contributed by atoms with Gasteiger partial charge in [-0.3, -0.25) is 9.59 Å². The van der Waals surface area contributed by atoms with Gasteiger partial charge in [-0.15, -0.1) is 0 Å². The van der Waals surface area contributed by atoms with Crippen LogP contribution in [-0.4, -0.2) is 47.4 Å². The molecule has 386 valence electrons. The Balaban J connectivity index is 3.37. The molecule has 6 nitrogen and oxygen atoms in total. The van der Waals surface area contributed by atoms with Crippen LogP contribution in [0.2, 0.25) is 0 Å². The van der Waals surface area contributed by atoms with Gasteiger partial charge in [-0.2, -0.15) is 0 Å². The standard InChI is InChI=1S/C59H115NO5/c1-3-5-7-9-11-13-15-16-17-18-19-23-26-29-33-37-41-45-49-53-59(64)65-54-50-46-42-38-34-30-27-24-21-20-22-25-28-32-36-40-44-48-52-58(63)60-56(55-61)57(62)51-47-43-39-35-31-14-12-10-8-6-4-2/h47,51,56-57,61-62H,3-46,48-50,52-55H2,1-2H3,(H,60,63)/b51-47+. The van der Waals surface area contributed by atoms with E-state index in [1.807, 2.05) is 6.08 Å². The Bertz CT molecular complexity index is 970. The van der Waals surface area contributed by atoms with Crippen LogP contribution in [-0.2, 0) is 14.3 Å². The Hall–Kier alpha value is -1.40. The van der Waals surface area contributed by atoms with Gasteiger partial charge in [-0.1, -0.05) is 296 Å². The first-order chi connectivity index (χ1) is 32.0. The average molecular weight is 919 g/mol. The number of hydrogen-bond donors (Lipinski definition) is 3. The van der Waals surface area contributed by atoms with Crippen molar-refractivity contribution in [1.82, 2.24) is 5.32 Å². The first-order valence-corrected chi connectivity index (χ1v) is 29.5. The number of ether oxygens (including phenoxy) is 1. The van der Waals surface area contributed by atoms with Crippen molar-refractivity contribution < 1.29 is 24.5 Å². The molecule has 0 aliphatic carbocycles. The second kappa shape index (κ2) is 55.2. The van der Waals surface area contributed by atoms with Gasteiger partial charge in [0.25, 0.3) is 0 Å². The minimum absolute atomic E-state index is 0.0116. The van der Waals surface area contributed by atoms with E-state index in [1.54, 1.807) is 6.08 Å². The van der Waals surface area contributed by atoms with Crippen molar-refractivity contribution in [3.63, 3.8) is 0 Å². The van der Waals surface area contributed by atoms with E-state index in [9.17, 15) is 19.8 Å². The predicted octanol–water partition coefficient (Wildman–Crippen LogP) is 18.1. The van der Waals surface area contributed by atoms with Crippen LogP contribution in [0.5, 0.6) is 0 Å². The molecule has 0 aromatic rings. The summed E-state index contributed by atoms with van der Waals surface area (Å²) in [5, 5.41) is 23.0. The minimum Gasteiger partial charge on any atom is -0.466 e. The number of allylic oxidation sites excluding steroid dienone is 1. The van der Waals surface area contributed by atoms with Crippen LogP contribution in [0.4, 0.5) is 0 Å². The SMILES string of the molecule is CCCCCCCCCCC/C=C/C(O)C(CO)NC(=O)CCCCCCCCCCCCCCCCCCCCOC(=O)CCCCCCCCCCCCCCCCCCCCC. The van der Waals surface area contributed by atoms with Crippen LogP contribution < -0.4 is 5.32 Å². The lowest BCUT2D eigenvalue weighted by molar-refractivity contribution is -0.143. The molecular weight excluding hydrogens is 803 g/mol. The first kappa shape index (κ1) is 63.6. The number of hydrogen-bond acceptors (Lipinski definition) is 5. The average Bonchev–Trinajstić information content (AvgIpc) is 3.31. The van der Waals surface area contributed by atoms with Gasteiger partial charge in [-0.25, -0.2) is 0 Å². The number of esters is 1. The highest BCUT2D eigenvalue weighted by atomic mass is 16.5. The Morgan fingerprint density at radius 2 is 0.708 bits per heavy atom. The number of nitrogens with one attached hydrogen (secondary N) is 1. The number of carbonyl (C=O) groups is 2. The number of unbranched alkanes of at least 4 members (excludes halogenated alkanes) is 44. The Morgan fingerprint density at radius 1 is 0.415 bits per heavy atom. The zero-order chi connectivity index (χ0) is 47.2. The van der Waals surface area contributed by atoms with Crippen molar-refractivity contribution in [2.45, 2.75) is 341 Å². The van der Waals surface area contributed by atoms with Gasteiger partial charge in [0.1, 0.15) is 0 Å². The molecule has 0 aliphatic rings. The van der Waals surface area contributed by atoms with Crippen molar-refractivity contribution >= 4 is 11.9 Å². The molecule has 0 heterocycles. The van der Waals surface area contributed by atoms with Crippen LogP contribution in [0, 0.1) is 0 Å². The number of rotatable bonds is 55.